The number of hydrogen-bond acceptors (Lipinski definition) is 4. The molecule has 158 valence electrons. The van der Waals surface area contributed by atoms with Crippen molar-refractivity contribution < 1.29 is 4.79 Å². The fourth-order valence-electron chi connectivity index (χ4n) is 3.87. The minimum Gasteiger partial charge on any atom is -0.355 e. The molecular formula is C23H34N4OS. The molecule has 1 aliphatic carbocycles. The first-order valence-corrected chi connectivity index (χ1v) is 11.7. The molecule has 1 heterocycles. The Balaban J connectivity index is 1.94. The Morgan fingerprint density at radius 1 is 1.17 bits per heavy atom. The van der Waals surface area contributed by atoms with Crippen LogP contribution in [0.15, 0.2) is 29.4 Å². The van der Waals surface area contributed by atoms with Crippen molar-refractivity contribution in [3.05, 3.63) is 29.8 Å². The highest BCUT2D eigenvalue weighted by Crippen LogP contribution is 2.37. The van der Waals surface area contributed by atoms with Crippen LogP contribution in [0, 0.1) is 0 Å². The van der Waals surface area contributed by atoms with Gasteiger partial charge in [0.1, 0.15) is 0 Å². The van der Waals surface area contributed by atoms with Crippen LogP contribution in [-0.2, 0) is 10.2 Å². The number of carbonyl (C=O) groups excluding carboxylic acids is 1. The third-order valence-corrected chi connectivity index (χ3v) is 6.67. The van der Waals surface area contributed by atoms with Crippen LogP contribution in [0.1, 0.15) is 78.3 Å². The molecule has 29 heavy (non-hydrogen) atoms. The summed E-state index contributed by atoms with van der Waals surface area (Å²) in [6.07, 6.45) is 6.07. The first kappa shape index (κ1) is 21.9. The Kier molecular flexibility index (Phi) is 7.04. The molecule has 1 saturated carbocycles. The Morgan fingerprint density at radius 2 is 1.83 bits per heavy atom. The molecule has 1 aromatic carbocycles. The van der Waals surface area contributed by atoms with Crippen molar-refractivity contribution in [3.63, 3.8) is 0 Å². The van der Waals surface area contributed by atoms with Gasteiger partial charge in [0.25, 0.3) is 0 Å². The van der Waals surface area contributed by atoms with Gasteiger partial charge in [-0.15, -0.1) is 10.2 Å². The lowest BCUT2D eigenvalue weighted by Gasteiger charge is -2.26. The summed E-state index contributed by atoms with van der Waals surface area (Å²) >= 11 is 1.51. The molecule has 1 fully saturated rings. The zero-order valence-electron chi connectivity index (χ0n) is 18.4. The van der Waals surface area contributed by atoms with Crippen molar-refractivity contribution in [3.8, 4) is 11.4 Å². The number of hydrogen-bond donors (Lipinski definition) is 1. The van der Waals surface area contributed by atoms with Gasteiger partial charge < -0.3 is 5.32 Å². The van der Waals surface area contributed by atoms with E-state index >= 15 is 0 Å². The number of nitrogens with zero attached hydrogens (tertiary/aromatic N) is 3. The zero-order valence-corrected chi connectivity index (χ0v) is 19.2. The molecule has 2 aromatic rings. The van der Waals surface area contributed by atoms with Gasteiger partial charge in [-0.05, 0) is 37.7 Å². The predicted molar refractivity (Wildman–Crippen MR) is 120 cm³/mol. The predicted octanol–water partition coefficient (Wildman–Crippen LogP) is 5.36. The third-order valence-electron chi connectivity index (χ3n) is 5.62. The second-order valence-electron chi connectivity index (χ2n) is 8.95. The minimum absolute atomic E-state index is 0.0479. The molecule has 1 unspecified atom stereocenters. The molecule has 6 heteroatoms. The number of amides is 1. The quantitative estimate of drug-likeness (QED) is 0.646. The van der Waals surface area contributed by atoms with Gasteiger partial charge in [0.05, 0.1) is 5.25 Å². The summed E-state index contributed by atoms with van der Waals surface area (Å²) in [5.74, 6) is 0.967. The number of carbonyl (C=O) groups is 1. The Morgan fingerprint density at radius 3 is 2.41 bits per heavy atom. The number of nitrogens with one attached hydrogen (secondary N) is 1. The number of aromatic nitrogens is 3. The zero-order chi connectivity index (χ0) is 21.0. The van der Waals surface area contributed by atoms with Crippen molar-refractivity contribution in [1.82, 2.24) is 20.1 Å². The highest BCUT2D eigenvalue weighted by atomic mass is 32.2. The van der Waals surface area contributed by atoms with E-state index in [0.29, 0.717) is 12.6 Å². The molecule has 0 aliphatic heterocycles. The third kappa shape index (κ3) is 5.21. The average Bonchev–Trinajstić information content (AvgIpc) is 3.11. The molecule has 1 aliphatic rings. The fraction of sp³-hybridized carbons (Fsp3) is 0.609. The number of benzene rings is 1. The standard InChI is InChI=1S/C23H34N4OS/c1-6-24-21(28)16(2)29-22-26-25-20(27(22)19-10-8-7-9-11-19)17-12-14-18(15-13-17)23(3,4)5/h12-16,19H,6-11H2,1-5H3,(H,24,28). The van der Waals surface area contributed by atoms with Crippen LogP contribution in [0.5, 0.6) is 0 Å². The SMILES string of the molecule is CCNC(=O)C(C)Sc1nnc(-c2ccc(C(C)(C)C)cc2)n1C1CCCCC1. The summed E-state index contributed by atoms with van der Waals surface area (Å²) in [6, 6.07) is 9.11. The molecule has 1 aromatic heterocycles. The highest BCUT2D eigenvalue weighted by molar-refractivity contribution is 8.00. The molecule has 1 amide bonds. The second-order valence-corrected chi connectivity index (χ2v) is 10.3. The van der Waals surface area contributed by atoms with E-state index in [9.17, 15) is 4.79 Å². The molecule has 0 spiro atoms. The van der Waals surface area contributed by atoms with Gasteiger partial charge in [-0.1, -0.05) is 76.1 Å². The first-order valence-electron chi connectivity index (χ1n) is 10.8. The molecule has 3 rings (SSSR count). The molecule has 1 atom stereocenters. The van der Waals surface area contributed by atoms with E-state index in [0.717, 1.165) is 29.4 Å². The van der Waals surface area contributed by atoms with Crippen molar-refractivity contribution in [2.75, 3.05) is 6.54 Å². The van der Waals surface area contributed by atoms with Crippen molar-refractivity contribution in [2.24, 2.45) is 0 Å². The molecule has 1 N–H and O–H groups in total. The minimum atomic E-state index is -0.197. The summed E-state index contributed by atoms with van der Waals surface area (Å²) in [5, 5.41) is 12.7. The van der Waals surface area contributed by atoms with E-state index in [1.165, 1.54) is 36.6 Å². The van der Waals surface area contributed by atoms with Gasteiger partial charge >= 0.3 is 0 Å². The van der Waals surface area contributed by atoms with Crippen molar-refractivity contribution >= 4 is 17.7 Å². The maximum absolute atomic E-state index is 12.3. The monoisotopic (exact) mass is 414 g/mol. The average molecular weight is 415 g/mol. The normalized spacial score (nSPS) is 16.6. The van der Waals surface area contributed by atoms with E-state index in [2.05, 4.69) is 65.1 Å². The number of thioether (sulfide) groups is 1. The van der Waals surface area contributed by atoms with Crippen LogP contribution in [0.2, 0.25) is 0 Å². The maximum atomic E-state index is 12.3. The molecular weight excluding hydrogens is 380 g/mol. The van der Waals surface area contributed by atoms with E-state index in [-0.39, 0.29) is 16.6 Å². The van der Waals surface area contributed by atoms with E-state index in [4.69, 9.17) is 0 Å². The van der Waals surface area contributed by atoms with Crippen molar-refractivity contribution in [1.29, 1.82) is 0 Å². The van der Waals surface area contributed by atoms with Gasteiger partial charge in [0.15, 0.2) is 11.0 Å². The second kappa shape index (κ2) is 9.33. The Bertz CT molecular complexity index is 816. The topological polar surface area (TPSA) is 59.8 Å². The summed E-state index contributed by atoms with van der Waals surface area (Å²) < 4.78 is 2.30. The van der Waals surface area contributed by atoms with Crippen LogP contribution in [0.25, 0.3) is 11.4 Å². The smallest absolute Gasteiger partial charge is 0.233 e. The lowest BCUT2D eigenvalue weighted by atomic mass is 9.86. The molecule has 0 radical (unpaired) electrons. The maximum Gasteiger partial charge on any atom is 0.233 e. The van der Waals surface area contributed by atoms with Crippen LogP contribution < -0.4 is 5.32 Å². The van der Waals surface area contributed by atoms with E-state index in [1.54, 1.807) is 0 Å². The number of rotatable bonds is 6. The van der Waals surface area contributed by atoms with Crippen LogP contribution >= 0.6 is 11.8 Å². The Hall–Kier alpha value is -1.82. The van der Waals surface area contributed by atoms with Gasteiger partial charge in [-0.25, -0.2) is 0 Å². The van der Waals surface area contributed by atoms with E-state index in [1.807, 2.05) is 13.8 Å². The lowest BCUT2D eigenvalue weighted by Crippen LogP contribution is -2.30. The fourth-order valence-corrected chi connectivity index (χ4v) is 4.82. The van der Waals surface area contributed by atoms with Crippen LogP contribution in [0.4, 0.5) is 0 Å². The summed E-state index contributed by atoms with van der Waals surface area (Å²) in [7, 11) is 0. The van der Waals surface area contributed by atoms with Crippen LogP contribution in [0.3, 0.4) is 0 Å². The van der Waals surface area contributed by atoms with Gasteiger partial charge in [-0.3, -0.25) is 9.36 Å². The van der Waals surface area contributed by atoms with Gasteiger partial charge in [0.2, 0.25) is 5.91 Å². The Labute approximate surface area is 179 Å². The molecule has 0 saturated heterocycles. The van der Waals surface area contributed by atoms with Gasteiger partial charge in [0, 0.05) is 18.2 Å². The van der Waals surface area contributed by atoms with E-state index < -0.39 is 0 Å². The molecule has 5 nitrogen and oxygen atoms in total. The summed E-state index contributed by atoms with van der Waals surface area (Å²) in [5.41, 5.74) is 2.52. The van der Waals surface area contributed by atoms with Gasteiger partial charge in [-0.2, -0.15) is 0 Å². The summed E-state index contributed by atoms with van der Waals surface area (Å²) in [6.45, 7) is 11.2. The van der Waals surface area contributed by atoms with Crippen molar-refractivity contribution in [2.45, 2.75) is 88.6 Å². The largest absolute Gasteiger partial charge is 0.355 e. The lowest BCUT2D eigenvalue weighted by molar-refractivity contribution is -0.120. The summed E-state index contributed by atoms with van der Waals surface area (Å²) in [4.78, 5) is 12.3. The highest BCUT2D eigenvalue weighted by Gasteiger charge is 2.26. The first-order chi connectivity index (χ1) is 13.8. The molecule has 0 bridgehead atoms. The van der Waals surface area contributed by atoms with Crippen LogP contribution in [-0.4, -0.2) is 32.5 Å².